The van der Waals surface area contributed by atoms with E-state index in [1.54, 1.807) is 0 Å². The van der Waals surface area contributed by atoms with E-state index in [0.29, 0.717) is 6.54 Å². The van der Waals surface area contributed by atoms with Crippen LogP contribution in [0.5, 0.6) is 5.75 Å². The topological polar surface area (TPSA) is 50.4 Å². The number of carbonyl (C=O) groups excluding carboxylic acids is 1. The van der Waals surface area contributed by atoms with Gasteiger partial charge in [-0.1, -0.05) is 19.1 Å². The van der Waals surface area contributed by atoms with E-state index in [-0.39, 0.29) is 11.9 Å². The Kier molecular flexibility index (Phi) is 5.21. The molecule has 0 aromatic heterocycles. The second-order valence-electron chi connectivity index (χ2n) is 4.86. The summed E-state index contributed by atoms with van der Waals surface area (Å²) in [6.07, 6.45) is 2.96. The van der Waals surface area contributed by atoms with Crippen molar-refractivity contribution in [1.29, 1.82) is 0 Å². The van der Waals surface area contributed by atoms with Crippen LogP contribution in [0, 0.1) is 0 Å². The number of benzene rings is 1. The number of hydrogen-bond donors (Lipinski definition) is 2. The number of piperidine rings is 1. The highest BCUT2D eigenvalue weighted by Gasteiger charge is 2.20. The largest absolute Gasteiger partial charge is 0.494 e. The molecule has 1 unspecified atom stereocenters. The quantitative estimate of drug-likeness (QED) is 0.822. The van der Waals surface area contributed by atoms with Gasteiger partial charge in [0.1, 0.15) is 5.75 Å². The lowest BCUT2D eigenvalue weighted by molar-refractivity contribution is -0.124. The summed E-state index contributed by atoms with van der Waals surface area (Å²) in [6, 6.07) is 7.97. The Hall–Kier alpha value is -1.55. The molecule has 1 amide bonds. The van der Waals surface area contributed by atoms with Crippen LogP contribution in [0.2, 0.25) is 0 Å². The van der Waals surface area contributed by atoms with Crippen LogP contribution < -0.4 is 15.4 Å². The molecule has 0 radical (unpaired) electrons. The van der Waals surface area contributed by atoms with Crippen LogP contribution in [-0.2, 0) is 11.3 Å². The van der Waals surface area contributed by atoms with Crippen LogP contribution >= 0.6 is 0 Å². The average Bonchev–Trinajstić information content (AvgIpc) is 2.45. The zero-order valence-electron chi connectivity index (χ0n) is 11.4. The van der Waals surface area contributed by atoms with Crippen molar-refractivity contribution in [3.05, 3.63) is 29.8 Å². The Morgan fingerprint density at radius 3 is 3.16 bits per heavy atom. The van der Waals surface area contributed by atoms with E-state index in [9.17, 15) is 4.79 Å². The molecule has 1 atom stereocenters. The first-order chi connectivity index (χ1) is 9.29. The van der Waals surface area contributed by atoms with Gasteiger partial charge in [-0.3, -0.25) is 4.79 Å². The van der Waals surface area contributed by atoms with E-state index >= 15 is 0 Å². The fourth-order valence-corrected chi connectivity index (χ4v) is 2.17. The van der Waals surface area contributed by atoms with Crippen LogP contribution in [0.15, 0.2) is 24.3 Å². The summed E-state index contributed by atoms with van der Waals surface area (Å²) >= 11 is 0. The predicted octanol–water partition coefficient (Wildman–Crippen LogP) is 1.84. The van der Waals surface area contributed by atoms with E-state index in [1.165, 1.54) is 0 Å². The number of amides is 1. The molecular weight excluding hydrogens is 240 g/mol. The lowest BCUT2D eigenvalue weighted by atomic mass is 10.1. The first kappa shape index (κ1) is 13.9. The predicted molar refractivity (Wildman–Crippen MR) is 75.1 cm³/mol. The van der Waals surface area contributed by atoms with Gasteiger partial charge in [-0.15, -0.1) is 0 Å². The highest BCUT2D eigenvalue weighted by Crippen LogP contribution is 2.14. The molecule has 2 rings (SSSR count). The summed E-state index contributed by atoms with van der Waals surface area (Å²) in [5.41, 5.74) is 1.15. The highest BCUT2D eigenvalue weighted by atomic mass is 16.5. The zero-order chi connectivity index (χ0) is 13.5. The monoisotopic (exact) mass is 262 g/mol. The van der Waals surface area contributed by atoms with Gasteiger partial charge in [0.15, 0.2) is 0 Å². The second-order valence-corrected chi connectivity index (χ2v) is 4.86. The smallest absolute Gasteiger partial charge is 0.237 e. The van der Waals surface area contributed by atoms with Crippen molar-refractivity contribution in [3.63, 3.8) is 0 Å². The maximum atomic E-state index is 11.6. The lowest BCUT2D eigenvalue weighted by Crippen LogP contribution is -2.47. The molecule has 1 fully saturated rings. The maximum Gasteiger partial charge on any atom is 0.237 e. The van der Waals surface area contributed by atoms with Crippen LogP contribution in [-0.4, -0.2) is 25.1 Å². The molecule has 1 saturated heterocycles. The first-order valence-electron chi connectivity index (χ1n) is 7.02. The molecule has 1 aromatic carbocycles. The normalized spacial score (nSPS) is 19.0. The molecular formula is C15H22N2O2. The number of nitrogens with one attached hydrogen (secondary N) is 2. The molecule has 0 aliphatic carbocycles. The number of ether oxygens (including phenoxy) is 1. The third-order valence-electron chi connectivity index (χ3n) is 3.21. The molecule has 4 nitrogen and oxygen atoms in total. The van der Waals surface area contributed by atoms with Crippen LogP contribution in [0.1, 0.15) is 31.7 Å². The van der Waals surface area contributed by atoms with Crippen molar-refractivity contribution in [2.45, 2.75) is 38.8 Å². The van der Waals surface area contributed by atoms with Crippen LogP contribution in [0.4, 0.5) is 0 Å². The summed E-state index contributed by atoms with van der Waals surface area (Å²) in [7, 11) is 0. The summed E-state index contributed by atoms with van der Waals surface area (Å²) in [5.74, 6) is 1.01. The minimum atomic E-state index is -0.0611. The van der Waals surface area contributed by atoms with Gasteiger partial charge >= 0.3 is 0 Å². The zero-order valence-corrected chi connectivity index (χ0v) is 11.4. The molecule has 0 bridgehead atoms. The molecule has 1 heterocycles. The number of rotatable bonds is 6. The molecule has 104 valence electrons. The van der Waals surface area contributed by atoms with Crippen LogP contribution in [0.25, 0.3) is 0 Å². The summed E-state index contributed by atoms with van der Waals surface area (Å²) in [5, 5.41) is 6.18. The Bertz CT molecular complexity index is 420. The molecule has 0 saturated carbocycles. The van der Waals surface area contributed by atoms with Crippen molar-refractivity contribution < 1.29 is 9.53 Å². The summed E-state index contributed by atoms with van der Waals surface area (Å²) < 4.78 is 5.60. The highest BCUT2D eigenvalue weighted by molar-refractivity contribution is 5.82. The van der Waals surface area contributed by atoms with Gasteiger partial charge < -0.3 is 15.4 Å². The molecule has 0 spiro atoms. The SMILES string of the molecule is CCCOc1cccc(CNC2CCCNC2=O)c1. The van der Waals surface area contributed by atoms with Gasteiger partial charge in [0, 0.05) is 13.1 Å². The van der Waals surface area contributed by atoms with E-state index in [4.69, 9.17) is 4.74 Å². The fraction of sp³-hybridized carbons (Fsp3) is 0.533. The second kappa shape index (κ2) is 7.14. The molecule has 1 aromatic rings. The molecule has 2 N–H and O–H groups in total. The standard InChI is InChI=1S/C15H22N2O2/c1-2-9-19-13-6-3-5-12(10-13)11-17-14-7-4-8-16-15(14)18/h3,5-6,10,14,17H,2,4,7-9,11H2,1H3,(H,16,18). The van der Waals surface area contributed by atoms with Crippen molar-refractivity contribution in [1.82, 2.24) is 10.6 Å². The third-order valence-corrected chi connectivity index (χ3v) is 3.21. The number of hydrogen-bond acceptors (Lipinski definition) is 3. The van der Waals surface area contributed by atoms with Gasteiger partial charge in [-0.05, 0) is 37.0 Å². The van der Waals surface area contributed by atoms with Crippen LogP contribution in [0.3, 0.4) is 0 Å². The Morgan fingerprint density at radius 2 is 2.37 bits per heavy atom. The van der Waals surface area contributed by atoms with Crippen molar-refractivity contribution in [2.75, 3.05) is 13.2 Å². The van der Waals surface area contributed by atoms with Crippen molar-refractivity contribution in [3.8, 4) is 5.75 Å². The molecule has 1 aliphatic rings. The van der Waals surface area contributed by atoms with Gasteiger partial charge in [-0.2, -0.15) is 0 Å². The molecule has 4 heteroatoms. The molecule has 1 aliphatic heterocycles. The Labute approximate surface area is 114 Å². The summed E-state index contributed by atoms with van der Waals surface area (Å²) in [4.78, 5) is 11.6. The van der Waals surface area contributed by atoms with E-state index in [2.05, 4.69) is 17.6 Å². The van der Waals surface area contributed by atoms with Crippen molar-refractivity contribution >= 4 is 5.91 Å². The number of carbonyl (C=O) groups is 1. The average molecular weight is 262 g/mol. The minimum Gasteiger partial charge on any atom is -0.494 e. The third kappa shape index (κ3) is 4.24. The van der Waals surface area contributed by atoms with E-state index in [0.717, 1.165) is 43.7 Å². The fourth-order valence-electron chi connectivity index (χ4n) is 2.17. The van der Waals surface area contributed by atoms with E-state index < -0.39 is 0 Å². The summed E-state index contributed by atoms with van der Waals surface area (Å²) in [6.45, 7) is 4.33. The van der Waals surface area contributed by atoms with Gasteiger partial charge in [-0.25, -0.2) is 0 Å². The van der Waals surface area contributed by atoms with E-state index in [1.807, 2.05) is 24.3 Å². The maximum absolute atomic E-state index is 11.6. The van der Waals surface area contributed by atoms with Gasteiger partial charge in [0.25, 0.3) is 0 Å². The van der Waals surface area contributed by atoms with Gasteiger partial charge in [0.2, 0.25) is 5.91 Å². The Morgan fingerprint density at radius 1 is 1.47 bits per heavy atom. The van der Waals surface area contributed by atoms with Gasteiger partial charge in [0.05, 0.1) is 12.6 Å². The molecule has 19 heavy (non-hydrogen) atoms. The lowest BCUT2D eigenvalue weighted by Gasteiger charge is -2.22. The first-order valence-corrected chi connectivity index (χ1v) is 7.02. The Balaban J connectivity index is 1.86. The minimum absolute atomic E-state index is 0.0611. The van der Waals surface area contributed by atoms with Crippen molar-refractivity contribution in [2.24, 2.45) is 0 Å².